The van der Waals surface area contributed by atoms with Gasteiger partial charge in [-0.25, -0.2) is 13.2 Å². The largest absolute Gasteiger partial charge is 0.490 e. The van der Waals surface area contributed by atoms with Gasteiger partial charge in [0.05, 0.1) is 19.1 Å². The Labute approximate surface area is 109 Å². The number of nitro groups is 1. The van der Waals surface area contributed by atoms with E-state index in [0.717, 1.165) is 32.6 Å². The van der Waals surface area contributed by atoms with E-state index in [1.807, 2.05) is 0 Å². The summed E-state index contributed by atoms with van der Waals surface area (Å²) in [5.74, 6) is -1.31. The molecule has 0 atom stereocenters. The molecule has 19 heavy (non-hydrogen) atoms. The van der Waals surface area contributed by atoms with Gasteiger partial charge in [0.2, 0.25) is 5.75 Å². The third kappa shape index (κ3) is 2.81. The standard InChI is InChI=1S/C10H11NO7S/c1-17-9-6(10(12)18-2)4-5-7(19(3,15)16)8(9)11(13)14/h4-5H,1-3H3. The minimum Gasteiger partial charge on any atom is -0.490 e. The Balaban J connectivity index is 3.77. The van der Waals surface area contributed by atoms with Crippen LogP contribution >= 0.6 is 0 Å². The van der Waals surface area contributed by atoms with Crippen molar-refractivity contribution in [3.05, 3.63) is 27.8 Å². The number of sulfone groups is 1. The summed E-state index contributed by atoms with van der Waals surface area (Å²) in [5.41, 5.74) is -1.00. The Kier molecular flexibility index (Phi) is 4.10. The van der Waals surface area contributed by atoms with Crippen LogP contribution in [-0.2, 0) is 14.6 Å². The molecule has 0 radical (unpaired) electrons. The van der Waals surface area contributed by atoms with Crippen LogP contribution in [0.4, 0.5) is 5.69 Å². The van der Waals surface area contributed by atoms with E-state index in [2.05, 4.69) is 4.74 Å². The Bertz CT molecular complexity index is 636. The molecule has 8 nitrogen and oxygen atoms in total. The van der Waals surface area contributed by atoms with Gasteiger partial charge in [-0.05, 0) is 12.1 Å². The van der Waals surface area contributed by atoms with Crippen LogP contribution in [0.3, 0.4) is 0 Å². The van der Waals surface area contributed by atoms with Gasteiger partial charge in [-0.1, -0.05) is 0 Å². The molecule has 0 aromatic heterocycles. The molecule has 0 bridgehead atoms. The zero-order valence-electron chi connectivity index (χ0n) is 10.4. The maximum atomic E-state index is 11.5. The van der Waals surface area contributed by atoms with Crippen molar-refractivity contribution in [3.63, 3.8) is 0 Å². The lowest BCUT2D eigenvalue weighted by molar-refractivity contribution is -0.388. The summed E-state index contributed by atoms with van der Waals surface area (Å²) in [6.07, 6.45) is 0.826. The van der Waals surface area contributed by atoms with Crippen LogP contribution in [0.2, 0.25) is 0 Å². The molecule has 0 unspecified atom stereocenters. The van der Waals surface area contributed by atoms with Crippen molar-refractivity contribution in [2.45, 2.75) is 4.90 Å². The zero-order chi connectivity index (χ0) is 14.8. The second-order valence-corrected chi connectivity index (χ2v) is 5.50. The maximum Gasteiger partial charge on any atom is 0.341 e. The summed E-state index contributed by atoms with van der Waals surface area (Å²) in [6, 6.07) is 2.08. The smallest absolute Gasteiger partial charge is 0.341 e. The van der Waals surface area contributed by atoms with Crippen molar-refractivity contribution in [1.29, 1.82) is 0 Å². The lowest BCUT2D eigenvalue weighted by Gasteiger charge is -2.09. The quantitative estimate of drug-likeness (QED) is 0.457. The number of esters is 1. The average Bonchev–Trinajstić information content (AvgIpc) is 2.34. The Morgan fingerprint density at radius 3 is 2.26 bits per heavy atom. The van der Waals surface area contributed by atoms with Gasteiger partial charge in [0, 0.05) is 6.26 Å². The van der Waals surface area contributed by atoms with E-state index in [-0.39, 0.29) is 5.56 Å². The third-order valence-corrected chi connectivity index (χ3v) is 3.41. The number of methoxy groups -OCH3 is 2. The van der Waals surface area contributed by atoms with Crippen molar-refractivity contribution in [1.82, 2.24) is 0 Å². The van der Waals surface area contributed by atoms with Gasteiger partial charge in [0.1, 0.15) is 10.5 Å². The lowest BCUT2D eigenvalue weighted by atomic mass is 10.1. The van der Waals surface area contributed by atoms with Gasteiger partial charge >= 0.3 is 11.7 Å². The van der Waals surface area contributed by atoms with Crippen LogP contribution < -0.4 is 4.74 Å². The topological polar surface area (TPSA) is 113 Å². The van der Waals surface area contributed by atoms with Crippen LogP contribution in [0.15, 0.2) is 17.0 Å². The van der Waals surface area contributed by atoms with Crippen molar-refractivity contribution >= 4 is 21.5 Å². The van der Waals surface area contributed by atoms with Crippen molar-refractivity contribution in [3.8, 4) is 5.75 Å². The molecule has 0 spiro atoms. The summed E-state index contributed by atoms with van der Waals surface area (Å²) in [4.78, 5) is 21.0. The fourth-order valence-electron chi connectivity index (χ4n) is 1.50. The molecule has 1 rings (SSSR count). The van der Waals surface area contributed by atoms with Gasteiger partial charge in [-0.3, -0.25) is 10.1 Å². The number of hydrogen-bond acceptors (Lipinski definition) is 7. The molecule has 104 valence electrons. The molecule has 0 amide bonds. The van der Waals surface area contributed by atoms with E-state index in [4.69, 9.17) is 4.74 Å². The number of benzene rings is 1. The highest BCUT2D eigenvalue weighted by molar-refractivity contribution is 7.90. The van der Waals surface area contributed by atoms with Crippen LogP contribution in [0, 0.1) is 10.1 Å². The van der Waals surface area contributed by atoms with Gasteiger partial charge in [-0.2, -0.15) is 0 Å². The third-order valence-electron chi connectivity index (χ3n) is 2.29. The number of rotatable bonds is 4. The molecule has 0 aliphatic rings. The average molecular weight is 289 g/mol. The molecular formula is C10H11NO7S. The van der Waals surface area contributed by atoms with Gasteiger partial charge < -0.3 is 9.47 Å². The minimum atomic E-state index is -3.83. The van der Waals surface area contributed by atoms with E-state index in [0.29, 0.717) is 0 Å². The van der Waals surface area contributed by atoms with Crippen LogP contribution in [-0.4, -0.2) is 39.8 Å². The predicted molar refractivity (Wildman–Crippen MR) is 64.1 cm³/mol. The maximum absolute atomic E-state index is 11.5. The molecule has 0 aliphatic carbocycles. The first-order valence-electron chi connectivity index (χ1n) is 4.87. The van der Waals surface area contributed by atoms with E-state index in [9.17, 15) is 23.3 Å². The highest BCUT2D eigenvalue weighted by Crippen LogP contribution is 2.37. The number of nitro benzene ring substituents is 1. The minimum absolute atomic E-state index is 0.218. The predicted octanol–water partition coefficient (Wildman–Crippen LogP) is 0.793. The molecule has 0 saturated heterocycles. The second-order valence-electron chi connectivity index (χ2n) is 3.51. The van der Waals surface area contributed by atoms with E-state index in [1.54, 1.807) is 0 Å². The number of ether oxygens (including phenoxy) is 2. The van der Waals surface area contributed by atoms with E-state index in [1.165, 1.54) is 0 Å². The fourth-order valence-corrected chi connectivity index (χ4v) is 2.34. The summed E-state index contributed by atoms with van der Waals surface area (Å²) in [5, 5.41) is 11.0. The molecule has 0 N–H and O–H groups in total. The number of carbonyl (C=O) groups excluding carboxylic acids is 1. The molecule has 1 aromatic carbocycles. The highest BCUT2D eigenvalue weighted by atomic mass is 32.2. The summed E-state index contributed by atoms with van der Waals surface area (Å²) < 4.78 is 32.2. The van der Waals surface area contributed by atoms with Gasteiger partial charge in [0.15, 0.2) is 9.84 Å². The van der Waals surface area contributed by atoms with Crippen molar-refractivity contribution in [2.24, 2.45) is 0 Å². The molecular weight excluding hydrogens is 278 g/mol. The van der Waals surface area contributed by atoms with Gasteiger partial charge in [0.25, 0.3) is 0 Å². The molecule has 0 heterocycles. The number of hydrogen-bond donors (Lipinski definition) is 0. The summed E-state index contributed by atoms with van der Waals surface area (Å²) in [6.45, 7) is 0. The molecule has 0 saturated carbocycles. The highest BCUT2D eigenvalue weighted by Gasteiger charge is 2.31. The second kappa shape index (κ2) is 5.22. The van der Waals surface area contributed by atoms with Gasteiger partial charge in [-0.15, -0.1) is 0 Å². The van der Waals surface area contributed by atoms with Crippen LogP contribution in [0.5, 0.6) is 5.75 Å². The summed E-state index contributed by atoms with van der Waals surface area (Å²) >= 11 is 0. The summed E-state index contributed by atoms with van der Waals surface area (Å²) in [7, 11) is -1.64. The molecule has 0 aliphatic heterocycles. The van der Waals surface area contributed by atoms with Crippen LogP contribution in [0.1, 0.15) is 10.4 Å². The molecule has 9 heteroatoms. The Morgan fingerprint density at radius 2 is 1.89 bits per heavy atom. The molecule has 1 aromatic rings. The monoisotopic (exact) mass is 289 g/mol. The van der Waals surface area contributed by atoms with E-state index < -0.39 is 37.1 Å². The number of nitrogens with zero attached hydrogens (tertiary/aromatic N) is 1. The van der Waals surface area contributed by atoms with Crippen molar-refractivity contribution in [2.75, 3.05) is 20.5 Å². The Hall–Kier alpha value is -2.16. The van der Waals surface area contributed by atoms with Crippen LogP contribution in [0.25, 0.3) is 0 Å². The fraction of sp³-hybridized carbons (Fsp3) is 0.300. The first-order chi connectivity index (χ1) is 8.73. The molecule has 0 fully saturated rings. The first-order valence-corrected chi connectivity index (χ1v) is 6.77. The normalized spacial score (nSPS) is 10.9. The Morgan fingerprint density at radius 1 is 1.32 bits per heavy atom. The van der Waals surface area contributed by atoms with Crippen molar-refractivity contribution < 1.29 is 27.6 Å². The SMILES string of the molecule is COC(=O)c1ccc(S(C)(=O)=O)c([N+](=O)[O-])c1OC. The van der Waals surface area contributed by atoms with E-state index >= 15 is 0 Å². The zero-order valence-corrected chi connectivity index (χ0v) is 11.2. The lowest BCUT2D eigenvalue weighted by Crippen LogP contribution is -2.10. The number of carbonyl (C=O) groups is 1. The first kappa shape index (κ1) is 14.9.